The highest BCUT2D eigenvalue weighted by Crippen LogP contribution is 2.44. The molecule has 0 N–H and O–H groups in total. The first kappa shape index (κ1) is 13.0. The van der Waals surface area contributed by atoms with Gasteiger partial charge < -0.3 is 14.2 Å². The van der Waals surface area contributed by atoms with Crippen LogP contribution in [-0.4, -0.2) is 25.6 Å². The van der Waals surface area contributed by atoms with Gasteiger partial charge in [0.2, 0.25) is 0 Å². The van der Waals surface area contributed by atoms with Crippen molar-refractivity contribution in [3.8, 4) is 0 Å². The first-order valence-electron chi connectivity index (χ1n) is 6.88. The van der Waals surface area contributed by atoms with E-state index < -0.39 is 5.60 Å². The fourth-order valence-corrected chi connectivity index (χ4v) is 2.60. The van der Waals surface area contributed by atoms with E-state index >= 15 is 0 Å². The first-order chi connectivity index (χ1) is 9.21. The van der Waals surface area contributed by atoms with Crippen molar-refractivity contribution in [1.29, 1.82) is 0 Å². The molecule has 1 aromatic rings. The Morgan fingerprint density at radius 2 is 2.05 bits per heavy atom. The molecule has 1 aromatic carbocycles. The maximum atomic E-state index is 13.0. The maximum absolute atomic E-state index is 13.0. The smallest absolute Gasteiger partial charge is 0.158 e. The molecule has 2 aliphatic rings. The van der Waals surface area contributed by atoms with Gasteiger partial charge in [0.15, 0.2) is 6.29 Å². The second-order valence-electron chi connectivity index (χ2n) is 5.26. The van der Waals surface area contributed by atoms with Gasteiger partial charge in [0.05, 0.1) is 12.7 Å². The van der Waals surface area contributed by atoms with Crippen molar-refractivity contribution in [3.63, 3.8) is 0 Å². The van der Waals surface area contributed by atoms with Gasteiger partial charge in [0.25, 0.3) is 0 Å². The molecular formula is C15H19FO3. The standard InChI is InChI=1S/C15H19FO3/c1-11(19-14-4-2-3-9-17-14)15(10-18-15)12-5-7-13(16)8-6-12/h5-8,11,14H,2-4,9-10H2,1H3/t11-,14?,15-/m0/s1. The Morgan fingerprint density at radius 1 is 1.32 bits per heavy atom. The zero-order chi connectivity index (χ0) is 13.3. The summed E-state index contributed by atoms with van der Waals surface area (Å²) in [6, 6.07) is 6.46. The van der Waals surface area contributed by atoms with Gasteiger partial charge in [-0.1, -0.05) is 12.1 Å². The Labute approximate surface area is 112 Å². The fraction of sp³-hybridized carbons (Fsp3) is 0.600. The van der Waals surface area contributed by atoms with E-state index in [1.54, 1.807) is 12.1 Å². The molecule has 2 heterocycles. The van der Waals surface area contributed by atoms with Gasteiger partial charge in [0.1, 0.15) is 11.4 Å². The van der Waals surface area contributed by atoms with Crippen LogP contribution in [0.1, 0.15) is 31.7 Å². The summed E-state index contributed by atoms with van der Waals surface area (Å²) in [4.78, 5) is 0. The van der Waals surface area contributed by atoms with Gasteiger partial charge in [-0.25, -0.2) is 4.39 Å². The molecule has 0 aromatic heterocycles. The van der Waals surface area contributed by atoms with Crippen LogP contribution in [0.3, 0.4) is 0 Å². The molecule has 4 heteroatoms. The Balaban J connectivity index is 1.68. The van der Waals surface area contributed by atoms with Crippen molar-refractivity contribution in [2.75, 3.05) is 13.2 Å². The predicted octanol–water partition coefficient (Wildman–Crippen LogP) is 2.98. The third kappa shape index (κ3) is 2.66. The SMILES string of the molecule is C[C@H](OC1CCCCO1)[C@]1(c2ccc(F)cc2)CO1. The zero-order valence-corrected chi connectivity index (χ0v) is 11.1. The Bertz CT molecular complexity index is 422. The lowest BCUT2D eigenvalue weighted by molar-refractivity contribution is -0.197. The van der Waals surface area contributed by atoms with Crippen LogP contribution in [0.4, 0.5) is 4.39 Å². The van der Waals surface area contributed by atoms with E-state index in [9.17, 15) is 4.39 Å². The first-order valence-corrected chi connectivity index (χ1v) is 6.88. The van der Waals surface area contributed by atoms with E-state index in [0.717, 1.165) is 31.4 Å². The minimum atomic E-state index is -0.422. The molecule has 3 rings (SSSR count). The summed E-state index contributed by atoms with van der Waals surface area (Å²) in [6.45, 7) is 3.38. The number of halogens is 1. The molecule has 0 saturated carbocycles. The lowest BCUT2D eigenvalue weighted by Crippen LogP contribution is -2.34. The van der Waals surface area contributed by atoms with Crippen molar-refractivity contribution >= 4 is 0 Å². The van der Waals surface area contributed by atoms with Crippen molar-refractivity contribution in [1.82, 2.24) is 0 Å². The van der Waals surface area contributed by atoms with Crippen LogP contribution in [0.2, 0.25) is 0 Å². The van der Waals surface area contributed by atoms with Gasteiger partial charge in [-0.2, -0.15) is 0 Å². The molecular weight excluding hydrogens is 247 g/mol. The highest BCUT2D eigenvalue weighted by molar-refractivity contribution is 5.28. The van der Waals surface area contributed by atoms with Gasteiger partial charge in [-0.05, 0) is 43.9 Å². The number of rotatable bonds is 4. The highest BCUT2D eigenvalue weighted by atomic mass is 19.1. The minimum absolute atomic E-state index is 0.0962. The van der Waals surface area contributed by atoms with Gasteiger partial charge in [-0.15, -0.1) is 0 Å². The summed E-state index contributed by atoms with van der Waals surface area (Å²) in [7, 11) is 0. The molecule has 2 fully saturated rings. The summed E-state index contributed by atoms with van der Waals surface area (Å²) in [5.74, 6) is -0.233. The molecule has 0 radical (unpaired) electrons. The van der Waals surface area contributed by atoms with E-state index in [2.05, 4.69) is 0 Å². The molecule has 0 bridgehead atoms. The fourth-order valence-electron chi connectivity index (χ4n) is 2.60. The van der Waals surface area contributed by atoms with Crippen LogP contribution in [0.15, 0.2) is 24.3 Å². The topological polar surface area (TPSA) is 31.0 Å². The van der Waals surface area contributed by atoms with Crippen LogP contribution < -0.4 is 0 Å². The summed E-state index contributed by atoms with van der Waals surface area (Å²) in [5, 5.41) is 0. The average Bonchev–Trinajstić information content (AvgIpc) is 3.22. The number of epoxide rings is 1. The Morgan fingerprint density at radius 3 is 2.63 bits per heavy atom. The van der Waals surface area contributed by atoms with Crippen LogP contribution in [0.5, 0.6) is 0 Å². The number of hydrogen-bond acceptors (Lipinski definition) is 3. The summed E-state index contributed by atoms with van der Waals surface area (Å²) in [6.07, 6.45) is 2.95. The van der Waals surface area contributed by atoms with Crippen LogP contribution in [-0.2, 0) is 19.8 Å². The van der Waals surface area contributed by atoms with E-state index in [1.165, 1.54) is 12.1 Å². The van der Waals surface area contributed by atoms with Crippen molar-refractivity contribution < 1.29 is 18.6 Å². The lowest BCUT2D eigenvalue weighted by Gasteiger charge is -2.29. The molecule has 3 nitrogen and oxygen atoms in total. The summed E-state index contributed by atoms with van der Waals surface area (Å²) < 4.78 is 30.2. The third-order valence-corrected chi connectivity index (χ3v) is 3.94. The second kappa shape index (κ2) is 5.19. The maximum Gasteiger partial charge on any atom is 0.158 e. The van der Waals surface area contributed by atoms with E-state index in [0.29, 0.717) is 6.61 Å². The Kier molecular flexibility index (Phi) is 3.56. The van der Waals surface area contributed by atoms with Gasteiger partial charge in [-0.3, -0.25) is 0 Å². The quantitative estimate of drug-likeness (QED) is 0.785. The van der Waals surface area contributed by atoms with Crippen LogP contribution in [0.25, 0.3) is 0 Å². The minimum Gasteiger partial charge on any atom is -0.362 e. The van der Waals surface area contributed by atoms with Crippen LogP contribution >= 0.6 is 0 Å². The second-order valence-corrected chi connectivity index (χ2v) is 5.26. The number of benzene rings is 1. The molecule has 2 aliphatic heterocycles. The number of ether oxygens (including phenoxy) is 3. The molecule has 104 valence electrons. The van der Waals surface area contributed by atoms with Crippen LogP contribution in [0, 0.1) is 5.82 Å². The zero-order valence-electron chi connectivity index (χ0n) is 11.1. The molecule has 0 spiro atoms. The normalized spacial score (nSPS) is 32.0. The Hall–Kier alpha value is -0.970. The molecule has 2 saturated heterocycles. The monoisotopic (exact) mass is 266 g/mol. The molecule has 19 heavy (non-hydrogen) atoms. The highest BCUT2D eigenvalue weighted by Gasteiger charge is 2.52. The summed E-state index contributed by atoms with van der Waals surface area (Å²) in [5.41, 5.74) is 0.548. The average molecular weight is 266 g/mol. The molecule has 0 amide bonds. The van der Waals surface area contributed by atoms with E-state index in [1.807, 2.05) is 6.92 Å². The van der Waals surface area contributed by atoms with E-state index in [4.69, 9.17) is 14.2 Å². The third-order valence-electron chi connectivity index (χ3n) is 3.94. The van der Waals surface area contributed by atoms with Crippen molar-refractivity contribution in [2.24, 2.45) is 0 Å². The molecule has 3 atom stereocenters. The summed E-state index contributed by atoms with van der Waals surface area (Å²) >= 11 is 0. The lowest BCUT2D eigenvalue weighted by atomic mass is 9.95. The van der Waals surface area contributed by atoms with Crippen molar-refractivity contribution in [2.45, 2.75) is 44.2 Å². The van der Waals surface area contributed by atoms with Gasteiger partial charge >= 0.3 is 0 Å². The largest absolute Gasteiger partial charge is 0.362 e. The van der Waals surface area contributed by atoms with Crippen molar-refractivity contribution in [3.05, 3.63) is 35.6 Å². The van der Waals surface area contributed by atoms with E-state index in [-0.39, 0.29) is 18.2 Å². The molecule has 1 unspecified atom stereocenters. The predicted molar refractivity (Wildman–Crippen MR) is 68.2 cm³/mol. The number of hydrogen-bond donors (Lipinski definition) is 0. The molecule has 0 aliphatic carbocycles. The van der Waals surface area contributed by atoms with Gasteiger partial charge in [0, 0.05) is 6.61 Å².